The highest BCUT2D eigenvalue weighted by Crippen LogP contribution is 2.59. The Morgan fingerprint density at radius 1 is 1.08 bits per heavy atom. The van der Waals surface area contributed by atoms with Crippen LogP contribution in [-0.4, -0.2) is 11.6 Å². The maximum Gasteiger partial charge on any atom is 0.155 e. The van der Waals surface area contributed by atoms with E-state index in [0.29, 0.717) is 35.7 Å². The highest BCUT2D eigenvalue weighted by molar-refractivity contribution is 5.91. The summed E-state index contributed by atoms with van der Waals surface area (Å²) < 4.78 is 0. The molecular weight excluding hydrogens is 320 g/mol. The molecule has 0 aliphatic heterocycles. The SMILES string of the molecule is CC(=O)C1CCC(C)C2C[C@H](C)C3=CC(=O)CCC3(C)[C@H]2CCC1(C)C. The first-order chi connectivity index (χ1) is 12.1. The largest absolute Gasteiger partial charge is 0.300 e. The van der Waals surface area contributed by atoms with Gasteiger partial charge in [0.15, 0.2) is 5.78 Å². The van der Waals surface area contributed by atoms with E-state index in [9.17, 15) is 9.59 Å². The van der Waals surface area contributed by atoms with E-state index >= 15 is 0 Å². The van der Waals surface area contributed by atoms with Crippen LogP contribution >= 0.6 is 0 Å². The molecule has 0 heterocycles. The van der Waals surface area contributed by atoms with Gasteiger partial charge in [-0.25, -0.2) is 0 Å². The molecule has 0 aromatic rings. The van der Waals surface area contributed by atoms with Crippen LogP contribution in [0.25, 0.3) is 0 Å². The molecule has 26 heavy (non-hydrogen) atoms. The van der Waals surface area contributed by atoms with Gasteiger partial charge in [-0.3, -0.25) is 9.59 Å². The van der Waals surface area contributed by atoms with E-state index in [1.54, 1.807) is 6.92 Å². The van der Waals surface area contributed by atoms with Gasteiger partial charge in [0.25, 0.3) is 0 Å². The predicted octanol–water partition coefficient (Wildman–Crippen LogP) is 6.00. The molecule has 6 atom stereocenters. The maximum absolute atomic E-state index is 12.3. The fourth-order valence-corrected chi connectivity index (χ4v) is 6.87. The average molecular weight is 359 g/mol. The molecular formula is C24H38O2. The summed E-state index contributed by atoms with van der Waals surface area (Å²) in [6.45, 7) is 13.6. The summed E-state index contributed by atoms with van der Waals surface area (Å²) in [6.07, 6.45) is 9.47. The molecule has 3 aliphatic rings. The first-order valence-corrected chi connectivity index (χ1v) is 10.8. The van der Waals surface area contributed by atoms with Crippen molar-refractivity contribution in [2.75, 3.05) is 0 Å². The topological polar surface area (TPSA) is 34.1 Å². The normalized spacial score (nSPS) is 43.2. The molecule has 146 valence electrons. The summed E-state index contributed by atoms with van der Waals surface area (Å²) in [5.74, 6) is 3.45. The zero-order valence-electron chi connectivity index (χ0n) is 17.7. The zero-order chi connectivity index (χ0) is 19.3. The molecule has 0 N–H and O–H groups in total. The fourth-order valence-electron chi connectivity index (χ4n) is 6.87. The summed E-state index contributed by atoms with van der Waals surface area (Å²) in [5, 5.41) is 0. The van der Waals surface area contributed by atoms with E-state index in [-0.39, 0.29) is 16.7 Å². The van der Waals surface area contributed by atoms with Gasteiger partial charge in [0, 0.05) is 12.3 Å². The lowest BCUT2D eigenvalue weighted by Gasteiger charge is -2.54. The Hall–Kier alpha value is -0.920. The van der Waals surface area contributed by atoms with E-state index in [0.717, 1.165) is 31.6 Å². The van der Waals surface area contributed by atoms with Gasteiger partial charge in [-0.05, 0) is 86.0 Å². The molecule has 2 nitrogen and oxygen atoms in total. The fraction of sp³-hybridized carbons (Fsp3) is 0.833. The van der Waals surface area contributed by atoms with Crippen molar-refractivity contribution >= 4 is 11.6 Å². The third-order valence-corrected chi connectivity index (χ3v) is 8.53. The van der Waals surface area contributed by atoms with Crippen molar-refractivity contribution in [3.63, 3.8) is 0 Å². The van der Waals surface area contributed by atoms with Crippen LogP contribution in [0.4, 0.5) is 0 Å². The molecule has 2 heteroatoms. The first-order valence-electron chi connectivity index (χ1n) is 10.8. The van der Waals surface area contributed by atoms with Crippen LogP contribution in [0.2, 0.25) is 0 Å². The van der Waals surface area contributed by atoms with Gasteiger partial charge >= 0.3 is 0 Å². The van der Waals surface area contributed by atoms with E-state index in [2.05, 4.69) is 34.6 Å². The quantitative estimate of drug-likeness (QED) is 0.576. The van der Waals surface area contributed by atoms with Crippen LogP contribution in [0.15, 0.2) is 11.6 Å². The minimum absolute atomic E-state index is 0.0776. The molecule has 0 aromatic carbocycles. The van der Waals surface area contributed by atoms with Crippen LogP contribution in [-0.2, 0) is 9.59 Å². The van der Waals surface area contributed by atoms with E-state index in [1.807, 2.05) is 6.08 Å². The van der Waals surface area contributed by atoms with Gasteiger partial charge in [0.2, 0.25) is 0 Å². The lowest BCUT2D eigenvalue weighted by molar-refractivity contribution is -0.125. The third-order valence-electron chi connectivity index (χ3n) is 8.53. The Labute approximate surface area is 160 Å². The molecule has 0 radical (unpaired) electrons. The molecule has 2 saturated carbocycles. The number of fused-ring (bicyclic) bond motifs is 3. The number of allylic oxidation sites excluding steroid dienone is 2. The lowest BCUT2D eigenvalue weighted by Crippen LogP contribution is -2.46. The number of hydrogen-bond donors (Lipinski definition) is 0. The van der Waals surface area contributed by atoms with Gasteiger partial charge in [0.05, 0.1) is 0 Å². The van der Waals surface area contributed by atoms with E-state index < -0.39 is 0 Å². The van der Waals surface area contributed by atoms with Gasteiger partial charge in [-0.15, -0.1) is 0 Å². The van der Waals surface area contributed by atoms with Crippen molar-refractivity contribution < 1.29 is 9.59 Å². The molecule has 3 rings (SSSR count). The standard InChI is InChI=1S/C24H38O2/c1-15-7-8-20(17(3)25)23(4,5)11-10-21-19(15)13-16(2)22-14-18(26)9-12-24(21,22)6/h14-16,19-21H,7-13H2,1-6H3/t15?,16-,19?,20?,21-,24?/m0/s1. The monoisotopic (exact) mass is 358 g/mol. The molecule has 0 spiro atoms. The third kappa shape index (κ3) is 3.34. The Morgan fingerprint density at radius 3 is 2.42 bits per heavy atom. The van der Waals surface area contributed by atoms with Gasteiger partial charge in [-0.2, -0.15) is 0 Å². The molecule has 0 aromatic heterocycles. The van der Waals surface area contributed by atoms with Crippen LogP contribution < -0.4 is 0 Å². The van der Waals surface area contributed by atoms with Gasteiger partial charge in [0.1, 0.15) is 5.78 Å². The zero-order valence-corrected chi connectivity index (χ0v) is 17.7. The number of carbonyl (C=O) groups is 2. The molecule has 0 bridgehead atoms. The predicted molar refractivity (Wildman–Crippen MR) is 107 cm³/mol. The Bertz CT molecular complexity index is 614. The summed E-state index contributed by atoms with van der Waals surface area (Å²) in [4.78, 5) is 24.5. The van der Waals surface area contributed by atoms with Crippen LogP contribution in [0.5, 0.6) is 0 Å². The van der Waals surface area contributed by atoms with Gasteiger partial charge < -0.3 is 0 Å². The molecule has 0 amide bonds. The smallest absolute Gasteiger partial charge is 0.155 e. The lowest BCUT2D eigenvalue weighted by atomic mass is 9.50. The minimum Gasteiger partial charge on any atom is -0.300 e. The summed E-state index contributed by atoms with van der Waals surface area (Å²) in [7, 11) is 0. The summed E-state index contributed by atoms with van der Waals surface area (Å²) in [6, 6.07) is 0. The first kappa shape index (κ1) is 19.8. The molecule has 2 fully saturated rings. The van der Waals surface area contributed by atoms with Crippen molar-refractivity contribution in [3.8, 4) is 0 Å². The number of carbonyl (C=O) groups excluding carboxylic acids is 2. The molecule has 0 saturated heterocycles. The second kappa shape index (κ2) is 6.91. The molecule has 3 aliphatic carbocycles. The maximum atomic E-state index is 12.3. The highest BCUT2D eigenvalue weighted by atomic mass is 16.1. The van der Waals surface area contributed by atoms with Crippen molar-refractivity contribution in [1.82, 2.24) is 0 Å². The van der Waals surface area contributed by atoms with Crippen LogP contribution in [0.1, 0.15) is 86.5 Å². The summed E-state index contributed by atoms with van der Waals surface area (Å²) in [5.41, 5.74) is 1.69. The van der Waals surface area contributed by atoms with Crippen LogP contribution in [0.3, 0.4) is 0 Å². The highest BCUT2D eigenvalue weighted by Gasteiger charge is 2.51. The number of hydrogen-bond acceptors (Lipinski definition) is 2. The Kier molecular flexibility index (Phi) is 5.27. The second-order valence-electron chi connectivity index (χ2n) is 10.6. The second-order valence-corrected chi connectivity index (χ2v) is 10.6. The van der Waals surface area contributed by atoms with Crippen molar-refractivity contribution in [1.29, 1.82) is 0 Å². The number of ketones is 2. The number of rotatable bonds is 1. The van der Waals surface area contributed by atoms with Crippen molar-refractivity contribution in [2.24, 2.45) is 40.4 Å². The minimum atomic E-state index is 0.0776. The van der Waals surface area contributed by atoms with E-state index in [1.165, 1.54) is 18.4 Å². The number of Topliss-reactive ketones (excluding diaryl/α,β-unsaturated/α-hetero) is 1. The van der Waals surface area contributed by atoms with Crippen molar-refractivity contribution in [2.45, 2.75) is 86.5 Å². The average Bonchev–Trinajstić information content (AvgIpc) is 2.58. The van der Waals surface area contributed by atoms with Gasteiger partial charge in [-0.1, -0.05) is 40.2 Å². The van der Waals surface area contributed by atoms with Crippen LogP contribution in [0, 0.1) is 40.4 Å². The molecule has 4 unspecified atom stereocenters. The van der Waals surface area contributed by atoms with Crippen molar-refractivity contribution in [3.05, 3.63) is 11.6 Å². The Balaban J connectivity index is 1.98. The Morgan fingerprint density at radius 2 is 1.77 bits per heavy atom. The summed E-state index contributed by atoms with van der Waals surface area (Å²) >= 11 is 0. The van der Waals surface area contributed by atoms with E-state index in [4.69, 9.17) is 0 Å².